The van der Waals surface area contributed by atoms with Gasteiger partial charge in [-0.05, 0) is 18.3 Å². The zero-order chi connectivity index (χ0) is 10.7. The highest BCUT2D eigenvalue weighted by atomic mass is 16.4. The minimum absolute atomic E-state index is 0.248. The number of Topliss-reactive ketones (excluding diaryl/α,β-unsaturated/α-hetero) is 2. The number of carbonyl (C=O) groups is 3. The Morgan fingerprint density at radius 1 is 1.43 bits per heavy atom. The Balaban J connectivity index is 2.65. The number of carboxylic acid groups (broad SMARTS) is 1. The summed E-state index contributed by atoms with van der Waals surface area (Å²) < 4.78 is 0. The summed E-state index contributed by atoms with van der Waals surface area (Å²) >= 11 is 0. The molecule has 0 heterocycles. The van der Waals surface area contributed by atoms with Crippen LogP contribution in [0.3, 0.4) is 0 Å². The molecular weight excluding hydrogens is 184 g/mol. The van der Waals surface area contributed by atoms with Crippen molar-refractivity contribution in [2.75, 3.05) is 0 Å². The van der Waals surface area contributed by atoms with Crippen molar-refractivity contribution in [3.05, 3.63) is 0 Å². The summed E-state index contributed by atoms with van der Waals surface area (Å²) in [5.41, 5.74) is -2.32. The highest BCUT2D eigenvalue weighted by molar-refractivity contribution is 6.46. The maximum Gasteiger partial charge on any atom is 0.210 e. The number of hydrogen-bond acceptors (Lipinski definition) is 4. The molecule has 4 nitrogen and oxygen atoms in total. The van der Waals surface area contributed by atoms with E-state index < -0.39 is 34.3 Å². The average Bonchev–Trinajstić information content (AvgIpc) is 2.41. The molecule has 4 heteroatoms. The number of hydrogen-bond donors (Lipinski definition) is 0. The largest absolute Gasteiger partial charge is 0.549 e. The van der Waals surface area contributed by atoms with Crippen molar-refractivity contribution in [3.63, 3.8) is 0 Å². The SMILES string of the molecule is CC1(C)[C@@H]2CC[C@@]1(C(=O)[O-])C(=O)C2=O. The van der Waals surface area contributed by atoms with E-state index in [-0.39, 0.29) is 6.42 Å². The topological polar surface area (TPSA) is 74.3 Å². The molecule has 0 aromatic carbocycles. The Kier molecular flexibility index (Phi) is 1.50. The molecule has 0 aliphatic heterocycles. The summed E-state index contributed by atoms with van der Waals surface area (Å²) in [7, 11) is 0. The van der Waals surface area contributed by atoms with E-state index >= 15 is 0 Å². The lowest BCUT2D eigenvalue weighted by Crippen LogP contribution is -2.51. The van der Waals surface area contributed by atoms with Crippen molar-refractivity contribution in [1.82, 2.24) is 0 Å². The van der Waals surface area contributed by atoms with Gasteiger partial charge in [0.25, 0.3) is 0 Å². The molecule has 2 saturated carbocycles. The Bertz CT molecular complexity index is 355. The number of rotatable bonds is 1. The molecule has 2 aliphatic carbocycles. The summed E-state index contributed by atoms with van der Waals surface area (Å²) in [5.74, 6) is -3.09. The molecule has 76 valence electrons. The van der Waals surface area contributed by atoms with Gasteiger partial charge in [0.05, 0.1) is 11.4 Å². The standard InChI is InChI=1S/C10H12O4/c1-9(2)5-3-4-10(9,8(13)14)7(12)6(5)11/h5H,3-4H2,1-2H3,(H,13,14)/p-1/t5-,10+/m1/s1. The third-order valence-corrected chi connectivity index (χ3v) is 4.06. The molecule has 2 bridgehead atoms. The van der Waals surface area contributed by atoms with E-state index in [1.807, 2.05) is 0 Å². The summed E-state index contributed by atoms with van der Waals surface area (Å²) in [5, 5.41) is 11.1. The third kappa shape index (κ3) is 0.656. The van der Waals surface area contributed by atoms with Crippen LogP contribution in [0.2, 0.25) is 0 Å². The van der Waals surface area contributed by atoms with Gasteiger partial charge in [-0.2, -0.15) is 0 Å². The molecular formula is C10H11O4-. The van der Waals surface area contributed by atoms with Crippen LogP contribution in [0.25, 0.3) is 0 Å². The van der Waals surface area contributed by atoms with E-state index in [0.717, 1.165) is 0 Å². The van der Waals surface area contributed by atoms with Crippen molar-refractivity contribution < 1.29 is 19.5 Å². The molecule has 2 aliphatic rings. The van der Waals surface area contributed by atoms with Crippen LogP contribution < -0.4 is 5.11 Å². The van der Waals surface area contributed by atoms with E-state index in [0.29, 0.717) is 6.42 Å². The molecule has 0 aromatic heterocycles. The molecule has 2 atom stereocenters. The predicted molar refractivity (Wildman–Crippen MR) is 44.0 cm³/mol. The lowest BCUT2D eigenvalue weighted by Gasteiger charge is -2.36. The lowest BCUT2D eigenvalue weighted by atomic mass is 9.69. The highest BCUT2D eigenvalue weighted by Crippen LogP contribution is 2.62. The molecule has 0 radical (unpaired) electrons. The van der Waals surface area contributed by atoms with Gasteiger partial charge in [-0.3, -0.25) is 9.59 Å². The lowest BCUT2D eigenvalue weighted by molar-refractivity contribution is -0.320. The minimum Gasteiger partial charge on any atom is -0.549 e. The number of carboxylic acids is 1. The molecule has 14 heavy (non-hydrogen) atoms. The van der Waals surface area contributed by atoms with Gasteiger partial charge in [-0.1, -0.05) is 13.8 Å². The fourth-order valence-corrected chi connectivity index (χ4v) is 3.03. The van der Waals surface area contributed by atoms with E-state index in [2.05, 4.69) is 0 Å². The van der Waals surface area contributed by atoms with Gasteiger partial charge in [0.2, 0.25) is 11.6 Å². The monoisotopic (exact) mass is 195 g/mol. The van der Waals surface area contributed by atoms with E-state index in [4.69, 9.17) is 0 Å². The second kappa shape index (κ2) is 2.24. The first-order chi connectivity index (χ1) is 6.35. The minimum atomic E-state index is -1.55. The van der Waals surface area contributed by atoms with Crippen LogP contribution in [-0.2, 0) is 14.4 Å². The van der Waals surface area contributed by atoms with Gasteiger partial charge in [-0.15, -0.1) is 0 Å². The second-order valence-corrected chi connectivity index (χ2v) is 4.70. The maximum atomic E-state index is 11.6. The quantitative estimate of drug-likeness (QED) is 0.410. The van der Waals surface area contributed by atoms with Crippen molar-refractivity contribution in [3.8, 4) is 0 Å². The molecule has 0 spiro atoms. The van der Waals surface area contributed by atoms with Gasteiger partial charge < -0.3 is 9.90 Å². The zero-order valence-electron chi connectivity index (χ0n) is 8.12. The van der Waals surface area contributed by atoms with E-state index in [9.17, 15) is 19.5 Å². The normalized spacial score (nSPS) is 39.1. The van der Waals surface area contributed by atoms with Gasteiger partial charge in [0.1, 0.15) is 0 Å². The van der Waals surface area contributed by atoms with Crippen molar-refractivity contribution in [1.29, 1.82) is 0 Å². The van der Waals surface area contributed by atoms with Crippen LogP contribution in [0, 0.1) is 16.7 Å². The molecule has 0 saturated heterocycles. The molecule has 0 N–H and O–H groups in total. The van der Waals surface area contributed by atoms with Crippen molar-refractivity contribution >= 4 is 17.5 Å². The van der Waals surface area contributed by atoms with Gasteiger partial charge in [0.15, 0.2) is 0 Å². The van der Waals surface area contributed by atoms with Gasteiger partial charge in [0, 0.05) is 5.92 Å². The average molecular weight is 195 g/mol. The van der Waals surface area contributed by atoms with Crippen molar-refractivity contribution in [2.45, 2.75) is 26.7 Å². The zero-order valence-corrected chi connectivity index (χ0v) is 8.12. The van der Waals surface area contributed by atoms with Gasteiger partial charge >= 0.3 is 0 Å². The Morgan fingerprint density at radius 2 is 2.00 bits per heavy atom. The number of carbonyl (C=O) groups excluding carboxylic acids is 3. The number of aliphatic carboxylic acids is 1. The Labute approximate surface area is 81.3 Å². The molecule has 0 amide bonds. The summed E-state index contributed by atoms with van der Waals surface area (Å²) in [6.07, 6.45) is 0.739. The predicted octanol–water partition coefficient (Wildman–Crippen LogP) is -0.689. The Morgan fingerprint density at radius 3 is 2.29 bits per heavy atom. The fourth-order valence-electron chi connectivity index (χ4n) is 3.03. The van der Waals surface area contributed by atoms with Crippen LogP contribution in [0.1, 0.15) is 26.7 Å². The van der Waals surface area contributed by atoms with E-state index in [1.165, 1.54) is 0 Å². The van der Waals surface area contributed by atoms with Crippen LogP contribution >= 0.6 is 0 Å². The second-order valence-electron chi connectivity index (χ2n) is 4.70. The van der Waals surface area contributed by atoms with Gasteiger partial charge in [-0.25, -0.2) is 0 Å². The van der Waals surface area contributed by atoms with Crippen LogP contribution in [0.5, 0.6) is 0 Å². The van der Waals surface area contributed by atoms with Crippen LogP contribution in [0.15, 0.2) is 0 Å². The summed E-state index contributed by atoms with van der Waals surface area (Å²) in [6.45, 7) is 3.34. The smallest absolute Gasteiger partial charge is 0.210 e. The summed E-state index contributed by atoms with van der Waals surface area (Å²) in [6, 6.07) is 0. The van der Waals surface area contributed by atoms with E-state index in [1.54, 1.807) is 13.8 Å². The number of fused-ring (bicyclic) bond motifs is 2. The molecule has 2 fully saturated rings. The van der Waals surface area contributed by atoms with Crippen molar-refractivity contribution in [2.24, 2.45) is 16.7 Å². The first-order valence-electron chi connectivity index (χ1n) is 4.66. The Hall–Kier alpha value is -1.19. The first kappa shape index (κ1) is 9.37. The number of ketones is 2. The molecule has 2 rings (SSSR count). The highest BCUT2D eigenvalue weighted by Gasteiger charge is 2.69. The molecule has 0 unspecified atom stereocenters. The summed E-state index contributed by atoms with van der Waals surface area (Å²) in [4.78, 5) is 34.1. The third-order valence-electron chi connectivity index (χ3n) is 4.06. The molecule has 0 aromatic rings. The van der Waals surface area contributed by atoms with Crippen LogP contribution in [-0.4, -0.2) is 17.5 Å². The van der Waals surface area contributed by atoms with Crippen LogP contribution in [0.4, 0.5) is 0 Å². The first-order valence-corrected chi connectivity index (χ1v) is 4.66. The fraction of sp³-hybridized carbons (Fsp3) is 0.700. The maximum absolute atomic E-state index is 11.6.